The van der Waals surface area contributed by atoms with E-state index in [0.717, 1.165) is 50.6 Å². The predicted octanol–water partition coefficient (Wildman–Crippen LogP) is 3.76. The van der Waals surface area contributed by atoms with Crippen LogP contribution in [0, 0.1) is 5.92 Å². The van der Waals surface area contributed by atoms with E-state index in [0.29, 0.717) is 41.5 Å². The number of likely N-dealkylation sites (N-methyl/N-ethyl adjacent to an activating group) is 1. The number of fused-ring (bicyclic) bond motifs is 1. The molecule has 2 aliphatic heterocycles. The molecule has 3 atom stereocenters. The van der Waals surface area contributed by atoms with Crippen molar-refractivity contribution in [2.24, 2.45) is 5.92 Å². The molecule has 3 N–H and O–H groups in total. The lowest BCUT2D eigenvalue weighted by molar-refractivity contribution is -0.146. The Balaban J connectivity index is 1.34. The molecule has 208 valence electrons. The molecule has 2 saturated heterocycles. The smallest absolute Gasteiger partial charge is 0.314 e. The number of likely N-dealkylation sites (tertiary alicyclic amines) is 1. The Labute approximate surface area is 229 Å². The third kappa shape index (κ3) is 6.07. The van der Waals surface area contributed by atoms with Crippen LogP contribution in [-0.4, -0.2) is 70.2 Å². The van der Waals surface area contributed by atoms with Gasteiger partial charge < -0.3 is 25.6 Å². The van der Waals surface area contributed by atoms with Crippen molar-refractivity contribution in [3.63, 3.8) is 0 Å². The van der Waals surface area contributed by atoms with Gasteiger partial charge >= 0.3 is 11.8 Å². The molecular formula is C29H39N7O3. The van der Waals surface area contributed by atoms with Gasteiger partial charge in [-0.1, -0.05) is 31.2 Å². The highest BCUT2D eigenvalue weighted by Gasteiger charge is 2.34. The van der Waals surface area contributed by atoms with Gasteiger partial charge in [0.05, 0.1) is 23.3 Å². The van der Waals surface area contributed by atoms with E-state index in [-0.39, 0.29) is 12.3 Å². The van der Waals surface area contributed by atoms with Crippen molar-refractivity contribution in [3.8, 4) is 0 Å². The maximum atomic E-state index is 13.5. The van der Waals surface area contributed by atoms with Crippen LogP contribution >= 0.6 is 0 Å². The summed E-state index contributed by atoms with van der Waals surface area (Å²) in [6.07, 6.45) is 8.81. The zero-order valence-electron chi connectivity index (χ0n) is 23.1. The SMILES string of the molecule is C[C@H]1CC[C@H](c2ccc(CCN(C)C)cc2)N(C(=O)C(=O)Nc2cnc(N)c3cn(C4CCCCO4)nc23)C1. The van der Waals surface area contributed by atoms with Gasteiger partial charge in [-0.25, -0.2) is 9.67 Å². The average Bonchev–Trinajstić information content (AvgIpc) is 3.41. The van der Waals surface area contributed by atoms with Crippen LogP contribution in [0.3, 0.4) is 0 Å². The number of nitrogens with one attached hydrogen (secondary N) is 1. The molecule has 0 aliphatic carbocycles. The fourth-order valence-corrected chi connectivity index (χ4v) is 5.50. The molecule has 2 fully saturated rings. The van der Waals surface area contributed by atoms with Crippen LogP contribution in [0.2, 0.25) is 0 Å². The second-order valence-electron chi connectivity index (χ2n) is 11.2. The van der Waals surface area contributed by atoms with Crippen LogP contribution in [0.1, 0.15) is 62.4 Å². The van der Waals surface area contributed by atoms with E-state index in [9.17, 15) is 9.59 Å². The summed E-state index contributed by atoms with van der Waals surface area (Å²) in [6, 6.07) is 8.30. The Morgan fingerprint density at radius 2 is 1.95 bits per heavy atom. The van der Waals surface area contributed by atoms with Crippen LogP contribution < -0.4 is 11.1 Å². The van der Waals surface area contributed by atoms with Gasteiger partial charge in [0, 0.05) is 25.9 Å². The standard InChI is InChI=1S/C29H39N7O3/c1-19-7-12-24(21-10-8-20(9-11-21)13-14-34(2)3)35(17-19)29(38)28(37)32-23-16-31-27(30)22-18-36(33-26(22)23)25-6-4-5-15-39-25/h8-11,16,18-19,24-25H,4-7,12-15,17H2,1-3H3,(H2,30,31)(H,32,37)/t19-,24+,25?/m0/s1. The molecule has 1 unspecified atom stereocenters. The predicted molar refractivity (Wildman–Crippen MR) is 151 cm³/mol. The number of amides is 2. The first kappa shape index (κ1) is 27.1. The Morgan fingerprint density at radius 3 is 2.67 bits per heavy atom. The molecule has 2 aliphatic rings. The molecule has 3 aromatic rings. The average molecular weight is 534 g/mol. The molecule has 0 spiro atoms. The van der Waals surface area contributed by atoms with E-state index in [4.69, 9.17) is 10.5 Å². The Bertz CT molecular complexity index is 1310. The molecule has 5 rings (SSSR count). The van der Waals surface area contributed by atoms with Gasteiger partial charge in [0.2, 0.25) is 0 Å². The van der Waals surface area contributed by atoms with E-state index in [1.54, 1.807) is 15.8 Å². The van der Waals surface area contributed by atoms with Gasteiger partial charge in [0.25, 0.3) is 0 Å². The quantitative estimate of drug-likeness (QED) is 0.463. The third-order valence-corrected chi connectivity index (χ3v) is 7.78. The van der Waals surface area contributed by atoms with E-state index >= 15 is 0 Å². The number of anilines is 2. The highest BCUT2D eigenvalue weighted by atomic mass is 16.5. The number of nitrogens with zero attached hydrogens (tertiary/aromatic N) is 5. The summed E-state index contributed by atoms with van der Waals surface area (Å²) in [4.78, 5) is 35.0. The molecule has 0 radical (unpaired) electrons. The third-order valence-electron chi connectivity index (χ3n) is 7.78. The van der Waals surface area contributed by atoms with Crippen molar-refractivity contribution in [1.29, 1.82) is 0 Å². The Morgan fingerprint density at radius 1 is 1.15 bits per heavy atom. The summed E-state index contributed by atoms with van der Waals surface area (Å²) in [5, 5.41) is 8.06. The van der Waals surface area contributed by atoms with Crippen LogP contribution in [0.4, 0.5) is 11.5 Å². The fraction of sp³-hybridized carbons (Fsp3) is 0.517. The lowest BCUT2D eigenvalue weighted by atomic mass is 9.89. The number of benzene rings is 1. The van der Waals surface area contributed by atoms with Crippen molar-refractivity contribution in [2.45, 2.75) is 57.7 Å². The first-order chi connectivity index (χ1) is 18.8. The maximum absolute atomic E-state index is 13.5. The van der Waals surface area contributed by atoms with Gasteiger partial charge in [0.1, 0.15) is 17.6 Å². The van der Waals surface area contributed by atoms with Crippen molar-refractivity contribution in [1.82, 2.24) is 24.6 Å². The van der Waals surface area contributed by atoms with Crippen LogP contribution in [0.5, 0.6) is 0 Å². The molecule has 1 aromatic carbocycles. The lowest BCUT2D eigenvalue weighted by Crippen LogP contribution is -2.46. The number of piperidine rings is 1. The molecule has 39 heavy (non-hydrogen) atoms. The molecular weight excluding hydrogens is 494 g/mol. The molecule has 0 saturated carbocycles. The first-order valence-corrected chi connectivity index (χ1v) is 13.9. The number of pyridine rings is 1. The molecule has 2 amide bonds. The first-order valence-electron chi connectivity index (χ1n) is 13.9. The number of carbonyl (C=O) groups is 2. The Hall–Kier alpha value is -3.50. The van der Waals surface area contributed by atoms with Crippen molar-refractivity contribution >= 4 is 34.2 Å². The van der Waals surface area contributed by atoms with Gasteiger partial charge in [-0.05, 0) is 69.7 Å². The molecule has 4 heterocycles. The normalized spacial score (nSPS) is 21.8. The molecule has 10 heteroatoms. The summed E-state index contributed by atoms with van der Waals surface area (Å²) in [5.41, 5.74) is 9.29. The lowest BCUT2D eigenvalue weighted by Gasteiger charge is -2.38. The second kappa shape index (κ2) is 11.7. The Kier molecular flexibility index (Phi) is 8.13. The summed E-state index contributed by atoms with van der Waals surface area (Å²) < 4.78 is 7.60. The minimum Gasteiger partial charge on any atom is -0.383 e. The zero-order chi connectivity index (χ0) is 27.5. The van der Waals surface area contributed by atoms with Crippen molar-refractivity contribution < 1.29 is 14.3 Å². The van der Waals surface area contributed by atoms with E-state index in [2.05, 4.69) is 65.6 Å². The summed E-state index contributed by atoms with van der Waals surface area (Å²) >= 11 is 0. The van der Waals surface area contributed by atoms with Crippen LogP contribution in [0.15, 0.2) is 36.7 Å². The monoisotopic (exact) mass is 533 g/mol. The summed E-state index contributed by atoms with van der Waals surface area (Å²) in [6.45, 7) is 4.31. The molecule has 0 bridgehead atoms. The molecule has 2 aromatic heterocycles. The number of hydrogen-bond acceptors (Lipinski definition) is 7. The topological polar surface area (TPSA) is 119 Å². The number of nitrogens with two attached hydrogens (primary N) is 1. The summed E-state index contributed by atoms with van der Waals surface area (Å²) in [7, 11) is 4.13. The van der Waals surface area contributed by atoms with Gasteiger partial charge in [0.15, 0.2) is 0 Å². The van der Waals surface area contributed by atoms with Gasteiger partial charge in [-0.15, -0.1) is 0 Å². The van der Waals surface area contributed by atoms with E-state index in [1.165, 1.54) is 11.8 Å². The zero-order valence-corrected chi connectivity index (χ0v) is 23.1. The number of ether oxygens (including phenoxy) is 1. The maximum Gasteiger partial charge on any atom is 0.314 e. The number of aromatic nitrogens is 3. The summed E-state index contributed by atoms with van der Waals surface area (Å²) in [5.74, 6) is -0.625. The minimum atomic E-state index is -0.701. The fourth-order valence-electron chi connectivity index (χ4n) is 5.50. The van der Waals surface area contributed by atoms with E-state index < -0.39 is 11.8 Å². The second-order valence-corrected chi connectivity index (χ2v) is 11.2. The number of carbonyl (C=O) groups excluding carboxylic acids is 2. The highest BCUT2D eigenvalue weighted by molar-refractivity contribution is 6.40. The van der Waals surface area contributed by atoms with Crippen molar-refractivity contribution in [2.75, 3.05) is 44.8 Å². The molecule has 10 nitrogen and oxygen atoms in total. The highest BCUT2D eigenvalue weighted by Crippen LogP contribution is 2.34. The van der Waals surface area contributed by atoms with Crippen molar-refractivity contribution in [3.05, 3.63) is 47.8 Å². The van der Waals surface area contributed by atoms with Gasteiger partial charge in [-0.3, -0.25) is 9.59 Å². The number of rotatable bonds is 6. The number of nitrogen functional groups attached to an aromatic ring is 1. The van der Waals surface area contributed by atoms with Crippen LogP contribution in [0.25, 0.3) is 10.9 Å². The van der Waals surface area contributed by atoms with Gasteiger partial charge in [-0.2, -0.15) is 5.10 Å². The largest absolute Gasteiger partial charge is 0.383 e. The minimum absolute atomic E-state index is 0.144. The van der Waals surface area contributed by atoms with E-state index in [1.807, 2.05) is 0 Å². The van der Waals surface area contributed by atoms with Crippen LogP contribution in [-0.2, 0) is 20.7 Å². The number of hydrogen-bond donors (Lipinski definition) is 2.